The van der Waals surface area contributed by atoms with Gasteiger partial charge >= 0.3 is 0 Å². The van der Waals surface area contributed by atoms with E-state index in [0.29, 0.717) is 5.56 Å². The summed E-state index contributed by atoms with van der Waals surface area (Å²) >= 11 is 0. The van der Waals surface area contributed by atoms with Crippen molar-refractivity contribution in [2.24, 2.45) is 0 Å². The van der Waals surface area contributed by atoms with Crippen LogP contribution in [0, 0.1) is 0 Å². The van der Waals surface area contributed by atoms with E-state index in [0.717, 1.165) is 6.07 Å². The van der Waals surface area contributed by atoms with E-state index in [4.69, 9.17) is 9.47 Å². The first-order valence-electron chi connectivity index (χ1n) is 9.12. The second kappa shape index (κ2) is 9.24. The molecular weight excluding hydrogens is 396 g/mol. The van der Waals surface area contributed by atoms with E-state index in [-0.39, 0.29) is 22.8 Å². The number of rotatable bonds is 6. The van der Waals surface area contributed by atoms with Gasteiger partial charge in [-0.05, 0) is 35.9 Å². The minimum Gasteiger partial charge on any atom is -0.508 e. The van der Waals surface area contributed by atoms with Crippen LogP contribution in [0.15, 0.2) is 48.5 Å². The smallest absolute Gasteiger partial charge is 0.229 e. The van der Waals surface area contributed by atoms with Crippen LogP contribution < -0.4 is 4.74 Å². The van der Waals surface area contributed by atoms with E-state index >= 15 is 0 Å². The Balaban J connectivity index is 1.70. The third-order valence-electron chi connectivity index (χ3n) is 4.66. The molecule has 6 N–H and O–H groups in total. The highest BCUT2D eigenvalue weighted by Gasteiger charge is 2.44. The first-order valence-corrected chi connectivity index (χ1v) is 9.12. The highest BCUT2D eigenvalue weighted by atomic mass is 16.7. The van der Waals surface area contributed by atoms with Crippen molar-refractivity contribution in [3.05, 3.63) is 59.7 Å². The van der Waals surface area contributed by atoms with Crippen LogP contribution in [0.3, 0.4) is 0 Å². The Hall–Kier alpha value is -2.95. The predicted molar refractivity (Wildman–Crippen MR) is 104 cm³/mol. The lowest BCUT2D eigenvalue weighted by molar-refractivity contribution is -0.277. The summed E-state index contributed by atoms with van der Waals surface area (Å²) in [6.45, 7) is -0.600. The van der Waals surface area contributed by atoms with Crippen LogP contribution in [0.2, 0.25) is 0 Å². The average Bonchev–Trinajstić information content (AvgIpc) is 2.73. The molecular formula is C21H22O9. The summed E-state index contributed by atoms with van der Waals surface area (Å²) in [5.41, 5.74) is 0.689. The summed E-state index contributed by atoms with van der Waals surface area (Å²) in [5, 5.41) is 58.2. The lowest BCUT2D eigenvalue weighted by Gasteiger charge is -2.39. The van der Waals surface area contributed by atoms with Crippen molar-refractivity contribution in [1.29, 1.82) is 0 Å². The molecule has 0 saturated carbocycles. The van der Waals surface area contributed by atoms with Crippen molar-refractivity contribution < 1.29 is 44.9 Å². The highest BCUT2D eigenvalue weighted by Crippen LogP contribution is 2.28. The number of allylic oxidation sites excluding steroid dienone is 1. The maximum Gasteiger partial charge on any atom is 0.229 e. The number of phenols is 2. The zero-order valence-electron chi connectivity index (χ0n) is 15.7. The first-order chi connectivity index (χ1) is 14.3. The number of benzene rings is 2. The molecule has 1 aliphatic heterocycles. The number of hydrogen-bond donors (Lipinski definition) is 6. The van der Waals surface area contributed by atoms with Gasteiger partial charge in [0, 0.05) is 6.07 Å². The normalized spacial score (nSPS) is 26.6. The monoisotopic (exact) mass is 418 g/mol. The maximum absolute atomic E-state index is 12.3. The molecule has 160 valence electrons. The van der Waals surface area contributed by atoms with Gasteiger partial charge in [-0.3, -0.25) is 4.79 Å². The Bertz CT molecular complexity index is 907. The topological polar surface area (TPSA) is 157 Å². The van der Waals surface area contributed by atoms with Crippen molar-refractivity contribution in [3.63, 3.8) is 0 Å². The van der Waals surface area contributed by atoms with E-state index in [9.17, 15) is 35.4 Å². The van der Waals surface area contributed by atoms with Gasteiger partial charge in [-0.15, -0.1) is 0 Å². The molecule has 1 aliphatic rings. The average molecular weight is 418 g/mol. The molecule has 0 aliphatic carbocycles. The summed E-state index contributed by atoms with van der Waals surface area (Å²) in [6, 6.07) is 10.0. The van der Waals surface area contributed by atoms with Crippen molar-refractivity contribution >= 4 is 11.9 Å². The third-order valence-corrected chi connectivity index (χ3v) is 4.66. The molecule has 1 fully saturated rings. The molecule has 0 spiro atoms. The van der Waals surface area contributed by atoms with Crippen molar-refractivity contribution in [2.75, 3.05) is 6.61 Å². The minimum atomic E-state index is -1.60. The maximum atomic E-state index is 12.3. The van der Waals surface area contributed by atoms with Gasteiger partial charge < -0.3 is 40.1 Å². The molecule has 1 heterocycles. The van der Waals surface area contributed by atoms with Crippen LogP contribution in [0.5, 0.6) is 17.2 Å². The Morgan fingerprint density at radius 1 is 1.00 bits per heavy atom. The summed E-state index contributed by atoms with van der Waals surface area (Å²) in [7, 11) is 0. The Morgan fingerprint density at radius 3 is 2.33 bits per heavy atom. The number of phenolic OH excluding ortho intramolecular Hbond substituents is 2. The largest absolute Gasteiger partial charge is 0.508 e. The molecule has 0 amide bonds. The summed E-state index contributed by atoms with van der Waals surface area (Å²) < 4.78 is 10.6. The number of aromatic hydroxyl groups is 2. The van der Waals surface area contributed by atoms with Gasteiger partial charge in [-0.2, -0.15) is 0 Å². The van der Waals surface area contributed by atoms with Gasteiger partial charge in [-0.1, -0.05) is 18.2 Å². The van der Waals surface area contributed by atoms with E-state index < -0.39 is 43.1 Å². The molecule has 0 bridgehead atoms. The molecule has 3 rings (SSSR count). The SMILES string of the molecule is O=C(/C=C\c1ccc(O)cc1)c1ccc(O[C@@H]2O[C@H](CO)[C@@H](O)[C@H](O)[C@H]2O)cc1O. The van der Waals surface area contributed by atoms with Crippen LogP contribution in [0.25, 0.3) is 6.08 Å². The first kappa shape index (κ1) is 21.8. The Labute approximate surface area is 171 Å². The van der Waals surface area contributed by atoms with Gasteiger partial charge in [0.2, 0.25) is 6.29 Å². The lowest BCUT2D eigenvalue weighted by Crippen LogP contribution is -2.60. The Morgan fingerprint density at radius 2 is 1.70 bits per heavy atom. The predicted octanol–water partition coefficient (Wildman–Crippen LogP) is 0.173. The molecule has 9 nitrogen and oxygen atoms in total. The van der Waals surface area contributed by atoms with Gasteiger partial charge in [-0.25, -0.2) is 0 Å². The number of ether oxygens (including phenoxy) is 2. The minimum absolute atomic E-state index is 0.00572. The zero-order chi connectivity index (χ0) is 21.8. The lowest BCUT2D eigenvalue weighted by atomic mass is 9.99. The summed E-state index contributed by atoms with van der Waals surface area (Å²) in [6.07, 6.45) is -4.46. The molecule has 2 aromatic rings. The molecule has 0 aromatic heterocycles. The highest BCUT2D eigenvalue weighted by molar-refractivity contribution is 6.08. The molecule has 5 atom stereocenters. The fourth-order valence-corrected chi connectivity index (χ4v) is 2.94. The molecule has 30 heavy (non-hydrogen) atoms. The number of aliphatic hydroxyl groups is 4. The second-order valence-electron chi connectivity index (χ2n) is 6.78. The van der Waals surface area contributed by atoms with Gasteiger partial charge in [0.25, 0.3) is 0 Å². The number of hydrogen-bond acceptors (Lipinski definition) is 9. The third kappa shape index (κ3) is 4.78. The number of carbonyl (C=O) groups excluding carboxylic acids is 1. The number of carbonyl (C=O) groups is 1. The second-order valence-corrected chi connectivity index (χ2v) is 6.78. The van der Waals surface area contributed by atoms with E-state index in [1.165, 1.54) is 36.4 Å². The van der Waals surface area contributed by atoms with Crippen LogP contribution in [0.1, 0.15) is 15.9 Å². The van der Waals surface area contributed by atoms with Gasteiger partial charge in [0.15, 0.2) is 5.78 Å². The summed E-state index contributed by atoms with van der Waals surface area (Å²) in [5.74, 6) is -0.709. The number of ketones is 1. The number of aliphatic hydroxyl groups excluding tert-OH is 4. The molecule has 1 saturated heterocycles. The molecule has 9 heteroatoms. The van der Waals surface area contributed by atoms with Gasteiger partial charge in [0.1, 0.15) is 41.7 Å². The van der Waals surface area contributed by atoms with Crippen LogP contribution >= 0.6 is 0 Å². The fourth-order valence-electron chi connectivity index (χ4n) is 2.94. The van der Waals surface area contributed by atoms with E-state index in [2.05, 4.69) is 0 Å². The molecule has 0 unspecified atom stereocenters. The van der Waals surface area contributed by atoms with Crippen LogP contribution in [-0.2, 0) is 4.74 Å². The molecule has 2 aromatic carbocycles. The van der Waals surface area contributed by atoms with Crippen molar-refractivity contribution in [3.8, 4) is 17.2 Å². The summed E-state index contributed by atoms with van der Waals surface area (Å²) in [4.78, 5) is 12.3. The Kier molecular flexibility index (Phi) is 6.70. The molecule has 0 radical (unpaired) electrons. The van der Waals surface area contributed by atoms with Crippen molar-refractivity contribution in [1.82, 2.24) is 0 Å². The van der Waals surface area contributed by atoms with E-state index in [1.807, 2.05) is 0 Å². The van der Waals surface area contributed by atoms with Crippen molar-refractivity contribution in [2.45, 2.75) is 30.7 Å². The van der Waals surface area contributed by atoms with Gasteiger partial charge in [0.05, 0.1) is 12.2 Å². The fraction of sp³-hybridized carbons (Fsp3) is 0.286. The standard InChI is InChI=1S/C21H22O9/c22-10-17-18(26)19(27)20(28)21(30-17)29-13-6-7-14(16(25)9-13)15(24)8-3-11-1-4-12(23)5-2-11/h1-9,17-23,25-28H,10H2/b8-3-/t17-,18-,19+,20-,21-/m1/s1. The van der Waals surface area contributed by atoms with E-state index in [1.54, 1.807) is 12.1 Å². The quantitative estimate of drug-likeness (QED) is 0.284. The van der Waals surface area contributed by atoms with Crippen LogP contribution in [0.4, 0.5) is 0 Å². The van der Waals surface area contributed by atoms with Crippen LogP contribution in [-0.4, -0.2) is 73.7 Å². The zero-order valence-corrected chi connectivity index (χ0v) is 15.7.